The van der Waals surface area contributed by atoms with Crippen molar-refractivity contribution >= 4 is 11.7 Å². The standard InChI is InChI=1S/C11H15NO3/c1-8(2)7-15-12-10-6-4-3-5-9(10)11(13)14/h3-6,8,12H,7H2,1-2H3,(H,13,14). The molecule has 0 radical (unpaired) electrons. The quantitative estimate of drug-likeness (QED) is 0.731. The molecule has 0 aromatic heterocycles. The van der Waals surface area contributed by atoms with Crippen LogP contribution >= 0.6 is 0 Å². The lowest BCUT2D eigenvalue weighted by molar-refractivity contribution is 0.0696. The molecule has 0 unspecified atom stereocenters. The first-order chi connectivity index (χ1) is 7.11. The van der Waals surface area contributed by atoms with Gasteiger partial charge in [0.1, 0.15) is 0 Å². The number of rotatable bonds is 5. The Kier molecular flexibility index (Phi) is 4.12. The molecule has 2 N–H and O–H groups in total. The summed E-state index contributed by atoms with van der Waals surface area (Å²) in [4.78, 5) is 16.0. The lowest BCUT2D eigenvalue weighted by atomic mass is 10.2. The second-order valence-electron chi connectivity index (χ2n) is 3.66. The highest BCUT2D eigenvalue weighted by Gasteiger charge is 2.08. The monoisotopic (exact) mass is 209 g/mol. The van der Waals surface area contributed by atoms with Crippen molar-refractivity contribution in [3.05, 3.63) is 29.8 Å². The summed E-state index contributed by atoms with van der Waals surface area (Å²) in [6, 6.07) is 6.64. The van der Waals surface area contributed by atoms with Gasteiger partial charge in [0.2, 0.25) is 0 Å². The summed E-state index contributed by atoms with van der Waals surface area (Å²) in [6.07, 6.45) is 0. The molecule has 4 heteroatoms. The van der Waals surface area contributed by atoms with E-state index in [1.165, 1.54) is 6.07 Å². The third-order valence-corrected chi connectivity index (χ3v) is 1.76. The zero-order valence-electron chi connectivity index (χ0n) is 8.86. The van der Waals surface area contributed by atoms with Crippen LogP contribution in [0.2, 0.25) is 0 Å². The van der Waals surface area contributed by atoms with Crippen LogP contribution < -0.4 is 5.48 Å². The first-order valence-corrected chi connectivity index (χ1v) is 4.81. The molecule has 15 heavy (non-hydrogen) atoms. The van der Waals surface area contributed by atoms with Crippen molar-refractivity contribution in [2.24, 2.45) is 5.92 Å². The largest absolute Gasteiger partial charge is 0.478 e. The number of para-hydroxylation sites is 1. The normalized spacial score (nSPS) is 10.3. The van der Waals surface area contributed by atoms with Gasteiger partial charge < -0.3 is 5.11 Å². The highest BCUT2D eigenvalue weighted by Crippen LogP contribution is 2.14. The Morgan fingerprint density at radius 3 is 2.73 bits per heavy atom. The number of carboxylic acids is 1. The van der Waals surface area contributed by atoms with Crippen molar-refractivity contribution in [1.82, 2.24) is 0 Å². The Labute approximate surface area is 88.8 Å². The van der Waals surface area contributed by atoms with Gasteiger partial charge in [0.05, 0.1) is 17.9 Å². The third kappa shape index (κ3) is 3.59. The Hall–Kier alpha value is -1.55. The molecule has 0 saturated carbocycles. The predicted octanol–water partition coefficient (Wildman–Crippen LogP) is 2.38. The maximum absolute atomic E-state index is 10.8. The average molecular weight is 209 g/mol. The fraction of sp³-hybridized carbons (Fsp3) is 0.364. The average Bonchev–Trinajstić information content (AvgIpc) is 2.17. The van der Waals surface area contributed by atoms with Gasteiger partial charge >= 0.3 is 5.97 Å². The highest BCUT2D eigenvalue weighted by atomic mass is 16.6. The summed E-state index contributed by atoms with van der Waals surface area (Å²) >= 11 is 0. The maximum Gasteiger partial charge on any atom is 0.337 e. The molecule has 0 fully saturated rings. The molecule has 1 aromatic carbocycles. The van der Waals surface area contributed by atoms with E-state index in [0.717, 1.165) is 0 Å². The van der Waals surface area contributed by atoms with E-state index in [1.807, 2.05) is 13.8 Å². The van der Waals surface area contributed by atoms with Crippen molar-refractivity contribution < 1.29 is 14.7 Å². The van der Waals surface area contributed by atoms with Gasteiger partial charge in [0.25, 0.3) is 0 Å². The molecular weight excluding hydrogens is 194 g/mol. The van der Waals surface area contributed by atoms with Crippen LogP contribution in [0.25, 0.3) is 0 Å². The van der Waals surface area contributed by atoms with Crippen LogP contribution in [-0.2, 0) is 4.84 Å². The van der Waals surface area contributed by atoms with Crippen LogP contribution in [0.15, 0.2) is 24.3 Å². The molecule has 0 saturated heterocycles. The molecule has 4 nitrogen and oxygen atoms in total. The van der Waals surface area contributed by atoms with Crippen LogP contribution in [0.3, 0.4) is 0 Å². The SMILES string of the molecule is CC(C)CONc1ccccc1C(=O)O. The first kappa shape index (κ1) is 11.5. The molecule has 0 aliphatic heterocycles. The molecule has 0 spiro atoms. The number of hydrogen-bond acceptors (Lipinski definition) is 3. The Balaban J connectivity index is 2.63. The molecule has 0 aliphatic rings. The zero-order chi connectivity index (χ0) is 11.3. The number of nitrogens with one attached hydrogen (secondary N) is 1. The minimum Gasteiger partial charge on any atom is -0.478 e. The first-order valence-electron chi connectivity index (χ1n) is 4.81. The Bertz CT molecular complexity index is 336. The van der Waals surface area contributed by atoms with Crippen LogP contribution in [0.4, 0.5) is 5.69 Å². The van der Waals surface area contributed by atoms with Gasteiger partial charge in [-0.15, -0.1) is 0 Å². The van der Waals surface area contributed by atoms with Gasteiger partial charge in [-0.05, 0) is 18.1 Å². The van der Waals surface area contributed by atoms with E-state index in [1.54, 1.807) is 18.2 Å². The predicted molar refractivity (Wildman–Crippen MR) is 57.8 cm³/mol. The molecule has 0 aliphatic carbocycles. The molecule has 0 bridgehead atoms. The van der Waals surface area contributed by atoms with E-state index in [9.17, 15) is 4.79 Å². The van der Waals surface area contributed by atoms with Crippen molar-refractivity contribution in [1.29, 1.82) is 0 Å². The summed E-state index contributed by atoms with van der Waals surface area (Å²) in [7, 11) is 0. The molecular formula is C11H15NO3. The van der Waals surface area contributed by atoms with E-state index in [2.05, 4.69) is 5.48 Å². The van der Waals surface area contributed by atoms with Crippen molar-refractivity contribution in [3.63, 3.8) is 0 Å². The summed E-state index contributed by atoms with van der Waals surface area (Å²) in [6.45, 7) is 4.57. The topological polar surface area (TPSA) is 58.6 Å². The van der Waals surface area contributed by atoms with Gasteiger partial charge in [-0.25, -0.2) is 4.79 Å². The van der Waals surface area contributed by atoms with Gasteiger partial charge in [-0.1, -0.05) is 26.0 Å². The lowest BCUT2D eigenvalue weighted by Gasteiger charge is -2.10. The molecule has 1 rings (SSSR count). The van der Waals surface area contributed by atoms with Gasteiger partial charge in [0.15, 0.2) is 0 Å². The van der Waals surface area contributed by atoms with E-state index >= 15 is 0 Å². The number of benzene rings is 1. The number of carbonyl (C=O) groups is 1. The van der Waals surface area contributed by atoms with Gasteiger partial charge in [0, 0.05) is 0 Å². The minimum atomic E-state index is -0.966. The fourth-order valence-electron chi connectivity index (χ4n) is 1.04. The molecule has 82 valence electrons. The number of aromatic carboxylic acids is 1. The Morgan fingerprint density at radius 2 is 2.13 bits per heavy atom. The molecule has 0 amide bonds. The second kappa shape index (κ2) is 5.36. The molecule has 0 atom stereocenters. The van der Waals surface area contributed by atoms with E-state index in [0.29, 0.717) is 18.2 Å². The van der Waals surface area contributed by atoms with Crippen molar-refractivity contribution in [3.8, 4) is 0 Å². The number of carboxylic acid groups (broad SMARTS) is 1. The number of hydrogen-bond donors (Lipinski definition) is 2. The smallest absolute Gasteiger partial charge is 0.337 e. The summed E-state index contributed by atoms with van der Waals surface area (Å²) in [5.74, 6) is -0.569. The minimum absolute atomic E-state index is 0.209. The van der Waals surface area contributed by atoms with Crippen LogP contribution in [0, 0.1) is 5.92 Å². The highest BCUT2D eigenvalue weighted by molar-refractivity contribution is 5.93. The van der Waals surface area contributed by atoms with E-state index in [4.69, 9.17) is 9.94 Å². The fourth-order valence-corrected chi connectivity index (χ4v) is 1.04. The van der Waals surface area contributed by atoms with E-state index in [-0.39, 0.29) is 5.56 Å². The second-order valence-corrected chi connectivity index (χ2v) is 3.66. The van der Waals surface area contributed by atoms with Crippen molar-refractivity contribution in [2.45, 2.75) is 13.8 Å². The van der Waals surface area contributed by atoms with Crippen molar-refractivity contribution in [2.75, 3.05) is 12.1 Å². The lowest BCUT2D eigenvalue weighted by Crippen LogP contribution is -2.10. The summed E-state index contributed by atoms with van der Waals surface area (Å²) in [5, 5.41) is 8.88. The van der Waals surface area contributed by atoms with Crippen LogP contribution in [-0.4, -0.2) is 17.7 Å². The van der Waals surface area contributed by atoms with E-state index < -0.39 is 5.97 Å². The summed E-state index contributed by atoms with van der Waals surface area (Å²) in [5.41, 5.74) is 3.33. The number of anilines is 1. The zero-order valence-corrected chi connectivity index (χ0v) is 8.86. The third-order valence-electron chi connectivity index (χ3n) is 1.76. The van der Waals surface area contributed by atoms with Crippen LogP contribution in [0.5, 0.6) is 0 Å². The van der Waals surface area contributed by atoms with Gasteiger partial charge in [-0.2, -0.15) is 0 Å². The van der Waals surface area contributed by atoms with Crippen LogP contribution in [0.1, 0.15) is 24.2 Å². The summed E-state index contributed by atoms with van der Waals surface area (Å²) < 4.78 is 0. The maximum atomic E-state index is 10.8. The molecule has 1 aromatic rings. The molecule has 0 heterocycles. The Morgan fingerprint density at radius 1 is 1.47 bits per heavy atom. The van der Waals surface area contributed by atoms with Gasteiger partial charge in [-0.3, -0.25) is 10.3 Å².